The maximum absolute atomic E-state index is 11.7. The summed E-state index contributed by atoms with van der Waals surface area (Å²) in [6.07, 6.45) is 1.12. The van der Waals surface area contributed by atoms with E-state index in [9.17, 15) is 4.79 Å². The number of carbonyl (C=O) groups is 1. The van der Waals surface area contributed by atoms with Crippen LogP contribution in [0.4, 0.5) is 5.95 Å². The first kappa shape index (κ1) is 12.8. The van der Waals surface area contributed by atoms with Crippen molar-refractivity contribution < 1.29 is 4.79 Å². The Hall–Kier alpha value is -1.63. The fourth-order valence-corrected chi connectivity index (χ4v) is 2.20. The van der Waals surface area contributed by atoms with Crippen LogP contribution in [0.1, 0.15) is 30.9 Å². The first-order chi connectivity index (χ1) is 8.56. The van der Waals surface area contributed by atoms with Crippen molar-refractivity contribution >= 4 is 11.9 Å². The summed E-state index contributed by atoms with van der Waals surface area (Å²) < 4.78 is 0. The third kappa shape index (κ3) is 2.98. The second-order valence-corrected chi connectivity index (χ2v) is 5.00. The van der Waals surface area contributed by atoms with E-state index in [-0.39, 0.29) is 17.7 Å². The van der Waals surface area contributed by atoms with Gasteiger partial charge in [-0.1, -0.05) is 0 Å². The molecule has 0 radical (unpaired) electrons. The van der Waals surface area contributed by atoms with Crippen molar-refractivity contribution in [2.45, 2.75) is 26.3 Å². The molecular weight excluding hydrogens is 232 g/mol. The zero-order valence-electron chi connectivity index (χ0n) is 10.8. The monoisotopic (exact) mass is 252 g/mol. The highest BCUT2D eigenvalue weighted by atomic mass is 16.2. The standard InChI is InChI=1S/C11H20N6O/c1-7(2)17-4-3-8(6-17)5-13-10(18)9-14-11(12)16-15-9/h7-8H,3-6H2,1-2H3,(H,13,18)(H3,12,14,15,16). The second kappa shape index (κ2) is 5.34. The molecule has 1 aliphatic rings. The van der Waals surface area contributed by atoms with Crippen LogP contribution in [0, 0.1) is 5.92 Å². The van der Waals surface area contributed by atoms with Crippen LogP contribution in [0.25, 0.3) is 0 Å². The van der Waals surface area contributed by atoms with E-state index in [2.05, 4.69) is 39.2 Å². The van der Waals surface area contributed by atoms with Gasteiger partial charge in [0.25, 0.3) is 5.91 Å². The van der Waals surface area contributed by atoms with Gasteiger partial charge in [0, 0.05) is 19.1 Å². The summed E-state index contributed by atoms with van der Waals surface area (Å²) in [7, 11) is 0. The number of hydrogen-bond donors (Lipinski definition) is 3. The van der Waals surface area contributed by atoms with Crippen molar-refractivity contribution in [3.63, 3.8) is 0 Å². The summed E-state index contributed by atoms with van der Waals surface area (Å²) in [6.45, 7) is 7.20. The van der Waals surface area contributed by atoms with E-state index < -0.39 is 0 Å². The Morgan fingerprint density at radius 3 is 3.00 bits per heavy atom. The van der Waals surface area contributed by atoms with Crippen molar-refractivity contribution in [2.75, 3.05) is 25.4 Å². The average Bonchev–Trinajstić information content (AvgIpc) is 2.94. The van der Waals surface area contributed by atoms with Gasteiger partial charge in [-0.3, -0.25) is 9.89 Å². The molecule has 2 heterocycles. The molecule has 1 aromatic rings. The Labute approximate surface area is 106 Å². The number of nitrogens with zero attached hydrogens (tertiary/aromatic N) is 3. The Balaban J connectivity index is 1.77. The first-order valence-corrected chi connectivity index (χ1v) is 6.26. The number of carbonyl (C=O) groups excluding carboxylic acids is 1. The van der Waals surface area contributed by atoms with Crippen LogP contribution in [0.5, 0.6) is 0 Å². The molecule has 1 aliphatic heterocycles. The molecule has 1 unspecified atom stereocenters. The SMILES string of the molecule is CC(C)N1CCC(CNC(=O)c2nc(N)n[nH]2)C1. The molecule has 0 saturated carbocycles. The van der Waals surface area contributed by atoms with Gasteiger partial charge in [-0.25, -0.2) is 0 Å². The number of amides is 1. The Morgan fingerprint density at radius 2 is 2.44 bits per heavy atom. The summed E-state index contributed by atoms with van der Waals surface area (Å²) in [5.74, 6) is 0.525. The van der Waals surface area contributed by atoms with E-state index in [1.54, 1.807) is 0 Å². The predicted molar refractivity (Wildman–Crippen MR) is 67.9 cm³/mol. The Morgan fingerprint density at radius 1 is 1.67 bits per heavy atom. The van der Waals surface area contributed by atoms with Gasteiger partial charge in [0.2, 0.25) is 11.8 Å². The summed E-state index contributed by atoms with van der Waals surface area (Å²) in [4.78, 5) is 17.9. The molecule has 7 heteroatoms. The van der Waals surface area contributed by atoms with Gasteiger partial charge in [0.05, 0.1) is 0 Å². The normalized spacial score (nSPS) is 20.5. The minimum atomic E-state index is -0.248. The summed E-state index contributed by atoms with van der Waals surface area (Å²) in [5.41, 5.74) is 5.35. The number of nitrogen functional groups attached to an aromatic ring is 1. The molecule has 0 spiro atoms. The fourth-order valence-electron chi connectivity index (χ4n) is 2.20. The van der Waals surface area contributed by atoms with Crippen LogP contribution in [0.15, 0.2) is 0 Å². The average molecular weight is 252 g/mol. The maximum Gasteiger partial charge on any atom is 0.288 e. The number of rotatable bonds is 4. The first-order valence-electron chi connectivity index (χ1n) is 6.26. The van der Waals surface area contributed by atoms with Gasteiger partial charge in [-0.15, -0.1) is 5.10 Å². The zero-order chi connectivity index (χ0) is 13.1. The molecule has 2 rings (SSSR count). The van der Waals surface area contributed by atoms with Crippen LogP contribution in [0.2, 0.25) is 0 Å². The zero-order valence-corrected chi connectivity index (χ0v) is 10.8. The molecular formula is C11H20N6O. The third-order valence-electron chi connectivity index (χ3n) is 3.32. The Kier molecular flexibility index (Phi) is 3.81. The largest absolute Gasteiger partial charge is 0.366 e. The lowest BCUT2D eigenvalue weighted by atomic mass is 10.1. The van der Waals surface area contributed by atoms with E-state index in [1.807, 2.05) is 0 Å². The van der Waals surface area contributed by atoms with Crippen LogP contribution < -0.4 is 11.1 Å². The van der Waals surface area contributed by atoms with E-state index in [0.29, 0.717) is 18.5 Å². The van der Waals surface area contributed by atoms with E-state index in [4.69, 9.17) is 5.73 Å². The van der Waals surface area contributed by atoms with Crippen LogP contribution in [-0.4, -0.2) is 51.7 Å². The fraction of sp³-hybridized carbons (Fsp3) is 0.727. The molecule has 18 heavy (non-hydrogen) atoms. The highest BCUT2D eigenvalue weighted by Gasteiger charge is 2.24. The Bertz CT molecular complexity index is 415. The van der Waals surface area contributed by atoms with Gasteiger partial charge in [-0.05, 0) is 32.7 Å². The lowest BCUT2D eigenvalue weighted by Crippen LogP contribution is -2.33. The highest BCUT2D eigenvalue weighted by Crippen LogP contribution is 2.17. The quantitative estimate of drug-likeness (QED) is 0.692. The van der Waals surface area contributed by atoms with E-state index in [1.165, 1.54) is 0 Å². The topological polar surface area (TPSA) is 99.9 Å². The van der Waals surface area contributed by atoms with Crippen molar-refractivity contribution in [3.05, 3.63) is 5.82 Å². The molecule has 4 N–H and O–H groups in total. The molecule has 1 saturated heterocycles. The molecule has 100 valence electrons. The summed E-state index contributed by atoms with van der Waals surface area (Å²) in [6, 6.07) is 0.569. The molecule has 0 aliphatic carbocycles. The van der Waals surface area contributed by atoms with Gasteiger partial charge in [0.1, 0.15) is 0 Å². The van der Waals surface area contributed by atoms with Gasteiger partial charge in [-0.2, -0.15) is 4.98 Å². The van der Waals surface area contributed by atoms with Crippen LogP contribution >= 0.6 is 0 Å². The minimum absolute atomic E-state index is 0.0898. The van der Waals surface area contributed by atoms with Crippen LogP contribution in [-0.2, 0) is 0 Å². The summed E-state index contributed by atoms with van der Waals surface area (Å²) in [5, 5.41) is 8.98. The molecule has 7 nitrogen and oxygen atoms in total. The minimum Gasteiger partial charge on any atom is -0.366 e. The molecule has 1 aromatic heterocycles. The maximum atomic E-state index is 11.7. The molecule has 1 atom stereocenters. The number of aromatic nitrogens is 3. The predicted octanol–water partition coefficient (Wildman–Crippen LogP) is -0.153. The number of aromatic amines is 1. The van der Waals surface area contributed by atoms with Crippen molar-refractivity contribution in [3.8, 4) is 0 Å². The van der Waals surface area contributed by atoms with Gasteiger partial charge < -0.3 is 16.0 Å². The van der Waals surface area contributed by atoms with E-state index in [0.717, 1.165) is 19.5 Å². The van der Waals surface area contributed by atoms with E-state index >= 15 is 0 Å². The van der Waals surface area contributed by atoms with Gasteiger partial charge >= 0.3 is 0 Å². The van der Waals surface area contributed by atoms with Crippen molar-refractivity contribution in [1.82, 2.24) is 25.4 Å². The lowest BCUT2D eigenvalue weighted by Gasteiger charge is -2.20. The number of likely N-dealkylation sites (tertiary alicyclic amines) is 1. The molecule has 1 fully saturated rings. The van der Waals surface area contributed by atoms with Crippen molar-refractivity contribution in [1.29, 1.82) is 0 Å². The number of anilines is 1. The summed E-state index contributed by atoms with van der Waals surface area (Å²) >= 11 is 0. The smallest absolute Gasteiger partial charge is 0.288 e. The van der Waals surface area contributed by atoms with Crippen molar-refractivity contribution in [2.24, 2.45) is 5.92 Å². The third-order valence-corrected chi connectivity index (χ3v) is 3.32. The lowest BCUT2D eigenvalue weighted by molar-refractivity contribution is 0.0937. The van der Waals surface area contributed by atoms with Gasteiger partial charge in [0.15, 0.2) is 0 Å². The number of hydrogen-bond acceptors (Lipinski definition) is 5. The van der Waals surface area contributed by atoms with Crippen LogP contribution in [0.3, 0.4) is 0 Å². The number of H-pyrrole nitrogens is 1. The number of nitrogens with two attached hydrogens (primary N) is 1. The molecule has 0 bridgehead atoms. The molecule has 0 aromatic carbocycles. The second-order valence-electron chi connectivity index (χ2n) is 5.00. The number of nitrogens with one attached hydrogen (secondary N) is 2. The molecule has 1 amide bonds. The highest BCUT2D eigenvalue weighted by molar-refractivity contribution is 5.90.